The molecular weight excluding hydrogens is 270 g/mol. The highest BCUT2D eigenvalue weighted by atomic mass is 35.5. The standard InChI is InChI=1S/C10H13NO2.C3H5ClO2/c11-7-9(6-10(12)13)8-4-2-1-3-5-8;1-2-6-3(4)5/h1-5,9H,6-7,11H2,(H,12,13);2H2,1H3. The van der Waals surface area contributed by atoms with Crippen molar-refractivity contribution in [2.75, 3.05) is 13.2 Å². The van der Waals surface area contributed by atoms with Crippen molar-refractivity contribution in [3.05, 3.63) is 35.9 Å². The first kappa shape index (κ1) is 17.4. The Bertz CT molecular complexity index is 383. The molecule has 1 unspecified atom stereocenters. The molecule has 0 heterocycles. The van der Waals surface area contributed by atoms with Crippen LogP contribution >= 0.6 is 11.6 Å². The maximum absolute atomic E-state index is 10.5. The quantitative estimate of drug-likeness (QED) is 0.812. The molecule has 0 aliphatic rings. The van der Waals surface area contributed by atoms with Crippen LogP contribution in [0.1, 0.15) is 24.8 Å². The Kier molecular flexibility index (Phi) is 9.48. The molecule has 1 aromatic carbocycles. The predicted molar refractivity (Wildman–Crippen MR) is 73.4 cm³/mol. The van der Waals surface area contributed by atoms with Gasteiger partial charge in [0, 0.05) is 17.5 Å². The number of carboxylic acids is 1. The summed E-state index contributed by atoms with van der Waals surface area (Å²) in [6, 6.07) is 9.48. The molecule has 0 fully saturated rings. The van der Waals surface area contributed by atoms with E-state index in [1.54, 1.807) is 6.92 Å². The number of ether oxygens (including phenoxy) is 1. The Hall–Kier alpha value is -1.59. The minimum absolute atomic E-state index is 0.0706. The highest BCUT2D eigenvalue weighted by Crippen LogP contribution is 2.17. The number of rotatable bonds is 5. The van der Waals surface area contributed by atoms with Crippen molar-refractivity contribution in [2.45, 2.75) is 19.3 Å². The topological polar surface area (TPSA) is 89.6 Å². The number of benzene rings is 1. The van der Waals surface area contributed by atoms with Gasteiger partial charge in [0.05, 0.1) is 13.0 Å². The summed E-state index contributed by atoms with van der Waals surface area (Å²) in [5, 5.41) is 8.62. The molecule has 0 bridgehead atoms. The lowest BCUT2D eigenvalue weighted by molar-refractivity contribution is -0.137. The van der Waals surface area contributed by atoms with Gasteiger partial charge in [-0.15, -0.1) is 0 Å². The molecule has 1 rings (SSSR count). The third-order valence-electron chi connectivity index (χ3n) is 2.23. The fraction of sp³-hybridized carbons (Fsp3) is 0.385. The maximum atomic E-state index is 10.5. The van der Waals surface area contributed by atoms with Crippen LogP contribution in [0.25, 0.3) is 0 Å². The van der Waals surface area contributed by atoms with Crippen LogP contribution in [0, 0.1) is 0 Å². The molecule has 1 aromatic rings. The van der Waals surface area contributed by atoms with Gasteiger partial charge in [-0.3, -0.25) is 4.79 Å². The molecule has 0 aliphatic heterocycles. The van der Waals surface area contributed by atoms with Crippen LogP contribution in [0.2, 0.25) is 0 Å². The number of nitrogens with two attached hydrogens (primary N) is 1. The molecule has 0 saturated carbocycles. The zero-order valence-electron chi connectivity index (χ0n) is 10.7. The van der Waals surface area contributed by atoms with Gasteiger partial charge in [0.25, 0.3) is 0 Å². The Labute approximate surface area is 117 Å². The second-order valence-corrected chi connectivity index (χ2v) is 3.92. The highest BCUT2D eigenvalue weighted by Gasteiger charge is 2.12. The van der Waals surface area contributed by atoms with Crippen LogP contribution in [-0.4, -0.2) is 29.7 Å². The largest absolute Gasteiger partial charge is 0.481 e. The third-order valence-corrected chi connectivity index (χ3v) is 2.34. The van der Waals surface area contributed by atoms with E-state index >= 15 is 0 Å². The number of carbonyl (C=O) groups excluding carboxylic acids is 1. The summed E-state index contributed by atoms with van der Waals surface area (Å²) >= 11 is 4.72. The zero-order valence-corrected chi connectivity index (χ0v) is 11.5. The van der Waals surface area contributed by atoms with Gasteiger partial charge in [-0.2, -0.15) is 0 Å². The Balaban J connectivity index is 0.000000459. The van der Waals surface area contributed by atoms with E-state index in [0.29, 0.717) is 13.2 Å². The van der Waals surface area contributed by atoms with Crippen LogP contribution in [-0.2, 0) is 9.53 Å². The molecule has 106 valence electrons. The highest BCUT2D eigenvalue weighted by molar-refractivity contribution is 6.61. The van der Waals surface area contributed by atoms with Crippen LogP contribution in [0.5, 0.6) is 0 Å². The minimum atomic E-state index is -0.806. The smallest absolute Gasteiger partial charge is 0.403 e. The van der Waals surface area contributed by atoms with Gasteiger partial charge in [0.1, 0.15) is 0 Å². The molecule has 0 radical (unpaired) electrons. The average molecular weight is 288 g/mol. The summed E-state index contributed by atoms with van der Waals surface area (Å²) in [6.45, 7) is 2.42. The van der Waals surface area contributed by atoms with Crippen LogP contribution in [0.4, 0.5) is 4.79 Å². The summed E-state index contributed by atoms with van der Waals surface area (Å²) in [4.78, 5) is 20.1. The van der Waals surface area contributed by atoms with E-state index in [4.69, 9.17) is 22.4 Å². The third kappa shape index (κ3) is 9.04. The normalized spacial score (nSPS) is 10.9. The number of aliphatic carboxylic acids is 1. The molecule has 0 aromatic heterocycles. The van der Waals surface area contributed by atoms with Gasteiger partial charge in [0.15, 0.2) is 0 Å². The lowest BCUT2D eigenvalue weighted by Crippen LogP contribution is -2.16. The first-order chi connectivity index (χ1) is 9.01. The molecule has 1 atom stereocenters. The molecule has 0 saturated heterocycles. The van der Waals surface area contributed by atoms with Crippen molar-refractivity contribution in [1.82, 2.24) is 0 Å². The van der Waals surface area contributed by atoms with Gasteiger partial charge in [-0.25, -0.2) is 4.79 Å². The van der Waals surface area contributed by atoms with E-state index in [9.17, 15) is 9.59 Å². The van der Waals surface area contributed by atoms with Gasteiger partial charge in [0.2, 0.25) is 0 Å². The summed E-state index contributed by atoms with van der Waals surface area (Å²) in [5.41, 5.74) is 5.74. The SMILES string of the molecule is CCOC(=O)Cl.NCC(CC(=O)O)c1ccccc1. The van der Waals surface area contributed by atoms with E-state index in [1.807, 2.05) is 30.3 Å². The van der Waals surface area contributed by atoms with Crippen LogP contribution < -0.4 is 5.73 Å². The molecule has 0 spiro atoms. The first-order valence-electron chi connectivity index (χ1n) is 5.80. The number of carboxylic acid groups (broad SMARTS) is 1. The van der Waals surface area contributed by atoms with Crippen molar-refractivity contribution in [2.24, 2.45) is 5.73 Å². The van der Waals surface area contributed by atoms with Crippen molar-refractivity contribution >= 4 is 23.0 Å². The van der Waals surface area contributed by atoms with Gasteiger partial charge >= 0.3 is 11.4 Å². The number of carbonyl (C=O) groups is 2. The lowest BCUT2D eigenvalue weighted by atomic mass is 9.96. The molecule has 6 heteroatoms. The van der Waals surface area contributed by atoms with Gasteiger partial charge < -0.3 is 15.6 Å². The van der Waals surface area contributed by atoms with Crippen molar-refractivity contribution < 1.29 is 19.4 Å². The number of hydrogen-bond donors (Lipinski definition) is 2. The summed E-state index contributed by atoms with van der Waals surface area (Å²) < 4.78 is 4.17. The van der Waals surface area contributed by atoms with Gasteiger partial charge in [-0.05, 0) is 19.0 Å². The van der Waals surface area contributed by atoms with Crippen LogP contribution in [0.15, 0.2) is 30.3 Å². The molecule has 0 aliphatic carbocycles. The molecule has 0 amide bonds. The second-order valence-electron chi connectivity index (χ2n) is 3.61. The summed E-state index contributed by atoms with van der Waals surface area (Å²) in [6.07, 6.45) is 0.0977. The molecule has 3 N–H and O–H groups in total. The van der Waals surface area contributed by atoms with Gasteiger partial charge in [-0.1, -0.05) is 30.3 Å². The Morgan fingerprint density at radius 2 is 1.95 bits per heavy atom. The van der Waals surface area contributed by atoms with E-state index in [1.165, 1.54) is 0 Å². The number of hydrogen-bond acceptors (Lipinski definition) is 4. The van der Waals surface area contributed by atoms with Crippen molar-refractivity contribution in [3.63, 3.8) is 0 Å². The fourth-order valence-electron chi connectivity index (χ4n) is 1.39. The fourth-order valence-corrected chi connectivity index (χ4v) is 1.50. The summed E-state index contributed by atoms with van der Waals surface area (Å²) in [5.74, 6) is -0.877. The first-order valence-corrected chi connectivity index (χ1v) is 6.18. The van der Waals surface area contributed by atoms with E-state index < -0.39 is 11.4 Å². The Morgan fingerprint density at radius 3 is 2.26 bits per heavy atom. The summed E-state index contributed by atoms with van der Waals surface area (Å²) in [7, 11) is 0. The van der Waals surface area contributed by atoms with Crippen molar-refractivity contribution in [1.29, 1.82) is 0 Å². The van der Waals surface area contributed by atoms with Crippen molar-refractivity contribution in [3.8, 4) is 0 Å². The minimum Gasteiger partial charge on any atom is -0.481 e. The molecule has 19 heavy (non-hydrogen) atoms. The van der Waals surface area contributed by atoms with E-state index in [2.05, 4.69) is 4.74 Å². The molecular formula is C13H18ClNO4. The monoisotopic (exact) mass is 287 g/mol. The average Bonchev–Trinajstić information content (AvgIpc) is 2.37. The zero-order chi connectivity index (χ0) is 14.7. The predicted octanol–water partition coefficient (Wildman–Crippen LogP) is 2.59. The Morgan fingerprint density at radius 1 is 1.37 bits per heavy atom. The van der Waals surface area contributed by atoms with Crippen LogP contribution in [0.3, 0.4) is 0 Å². The molecule has 5 nitrogen and oxygen atoms in total. The maximum Gasteiger partial charge on any atom is 0.403 e. The van der Waals surface area contributed by atoms with E-state index in [0.717, 1.165) is 5.56 Å². The van der Waals surface area contributed by atoms with E-state index in [-0.39, 0.29) is 12.3 Å². The lowest BCUT2D eigenvalue weighted by Gasteiger charge is -2.11. The number of halogens is 1. The second kappa shape index (κ2) is 10.3.